The smallest absolute Gasteiger partial charge is 0.465 e. The van der Waals surface area contributed by atoms with Gasteiger partial charge in [-0.2, -0.15) is 0 Å². The van der Waals surface area contributed by atoms with Crippen LogP contribution in [0.1, 0.15) is 32.6 Å². The van der Waals surface area contributed by atoms with Crippen molar-refractivity contribution in [3.63, 3.8) is 0 Å². The van der Waals surface area contributed by atoms with Crippen LogP contribution < -0.4 is 0 Å². The summed E-state index contributed by atoms with van der Waals surface area (Å²) in [5.74, 6) is -0.211. The molecule has 18 heavy (non-hydrogen) atoms. The van der Waals surface area contributed by atoms with Crippen molar-refractivity contribution in [1.29, 1.82) is 0 Å². The fourth-order valence-electron chi connectivity index (χ4n) is 1.83. The number of carbonyl (C=O) groups excluding carboxylic acids is 1. The van der Waals surface area contributed by atoms with Gasteiger partial charge < -0.3 is 4.74 Å². The highest BCUT2D eigenvalue weighted by Crippen LogP contribution is 2.59. The molecule has 0 spiro atoms. The fourth-order valence-corrected chi connectivity index (χ4v) is 3.35. The molecular formula is C11H19O6P. The molecule has 0 aromatic rings. The van der Waals surface area contributed by atoms with Crippen molar-refractivity contribution in [2.24, 2.45) is 5.41 Å². The van der Waals surface area contributed by atoms with Crippen LogP contribution in [0, 0.1) is 5.41 Å². The zero-order chi connectivity index (χ0) is 13.1. The van der Waals surface area contributed by atoms with Gasteiger partial charge in [0.1, 0.15) is 6.61 Å². The minimum atomic E-state index is -3.28. The lowest BCUT2D eigenvalue weighted by molar-refractivity contribution is -0.160. The number of phosphoric acid groups is 1. The van der Waals surface area contributed by atoms with E-state index < -0.39 is 13.2 Å². The number of hydrogen-bond donors (Lipinski definition) is 0. The van der Waals surface area contributed by atoms with Gasteiger partial charge in [-0.3, -0.25) is 18.4 Å². The van der Waals surface area contributed by atoms with Gasteiger partial charge in [-0.05, 0) is 6.42 Å². The van der Waals surface area contributed by atoms with Crippen LogP contribution in [-0.2, 0) is 27.7 Å². The summed E-state index contributed by atoms with van der Waals surface area (Å²) in [7, 11) is -3.28. The van der Waals surface area contributed by atoms with Gasteiger partial charge in [0.15, 0.2) is 0 Å². The average Bonchev–Trinajstić information content (AvgIpc) is 2.39. The second kappa shape index (κ2) is 5.70. The van der Waals surface area contributed by atoms with E-state index in [0.29, 0.717) is 6.42 Å². The van der Waals surface area contributed by atoms with Crippen molar-refractivity contribution in [2.45, 2.75) is 32.6 Å². The van der Waals surface area contributed by atoms with Gasteiger partial charge in [-0.1, -0.05) is 19.8 Å². The van der Waals surface area contributed by atoms with Crippen LogP contribution in [0.25, 0.3) is 0 Å². The van der Waals surface area contributed by atoms with Crippen molar-refractivity contribution in [3.8, 4) is 0 Å². The summed E-state index contributed by atoms with van der Waals surface area (Å²) in [5, 5.41) is 0. The van der Waals surface area contributed by atoms with Crippen molar-refractivity contribution in [2.75, 3.05) is 26.4 Å². The zero-order valence-corrected chi connectivity index (χ0v) is 11.4. The van der Waals surface area contributed by atoms with Crippen LogP contribution in [-0.4, -0.2) is 32.4 Å². The van der Waals surface area contributed by atoms with E-state index in [1.165, 1.54) is 0 Å². The Kier molecular flexibility index (Phi) is 4.43. The minimum Gasteiger partial charge on any atom is -0.465 e. The molecule has 0 aliphatic carbocycles. The molecule has 3 aliphatic rings. The lowest BCUT2D eigenvalue weighted by Gasteiger charge is -2.43. The largest absolute Gasteiger partial charge is 0.474 e. The highest BCUT2D eigenvalue weighted by Gasteiger charge is 2.51. The lowest BCUT2D eigenvalue weighted by atomic mass is 9.92. The summed E-state index contributed by atoms with van der Waals surface area (Å²) >= 11 is 0. The maximum absolute atomic E-state index is 11.5. The Morgan fingerprint density at radius 1 is 1.22 bits per heavy atom. The van der Waals surface area contributed by atoms with Crippen molar-refractivity contribution in [3.05, 3.63) is 0 Å². The van der Waals surface area contributed by atoms with Crippen LogP contribution in [0.4, 0.5) is 0 Å². The molecule has 3 fully saturated rings. The molecule has 0 aromatic carbocycles. The number of carbonyl (C=O) groups is 1. The monoisotopic (exact) mass is 278 g/mol. The maximum atomic E-state index is 11.5. The summed E-state index contributed by atoms with van der Waals surface area (Å²) in [5.41, 5.74) is -0.493. The molecule has 3 rings (SSSR count). The Balaban J connectivity index is 1.73. The third-order valence-corrected chi connectivity index (χ3v) is 4.45. The maximum Gasteiger partial charge on any atom is 0.474 e. The SMILES string of the molecule is CCCCCC(=O)OCC12COP(=O)(OC1)OC2. The summed E-state index contributed by atoms with van der Waals surface area (Å²) in [4.78, 5) is 11.5. The first-order valence-corrected chi connectivity index (χ1v) is 7.73. The van der Waals surface area contributed by atoms with Gasteiger partial charge in [0, 0.05) is 6.42 Å². The van der Waals surface area contributed by atoms with E-state index >= 15 is 0 Å². The number of ether oxygens (including phenoxy) is 1. The summed E-state index contributed by atoms with van der Waals surface area (Å²) in [6.45, 7) is 3.04. The minimum absolute atomic E-state index is 0.192. The van der Waals surface area contributed by atoms with Crippen LogP contribution in [0.2, 0.25) is 0 Å². The van der Waals surface area contributed by atoms with E-state index in [4.69, 9.17) is 18.3 Å². The standard InChI is InChI=1S/C11H19O6P/c1-2-3-4-5-10(12)14-6-11-7-15-18(13,16-8-11)17-9-11/h2-9H2,1H3. The number of hydrogen-bond acceptors (Lipinski definition) is 6. The normalized spacial score (nSPS) is 34.5. The highest BCUT2D eigenvalue weighted by atomic mass is 31.2. The number of rotatable bonds is 6. The molecule has 0 saturated carbocycles. The Morgan fingerprint density at radius 3 is 2.39 bits per heavy atom. The van der Waals surface area contributed by atoms with Crippen LogP contribution in [0.5, 0.6) is 0 Å². The quantitative estimate of drug-likeness (QED) is 0.421. The number of unbranched alkanes of at least 4 members (excludes halogenated alkanes) is 2. The molecule has 7 heteroatoms. The Bertz CT molecular complexity index is 324. The predicted molar refractivity (Wildman–Crippen MR) is 63.0 cm³/mol. The van der Waals surface area contributed by atoms with Crippen molar-refractivity contribution < 1.29 is 27.7 Å². The lowest BCUT2D eigenvalue weighted by Crippen LogP contribution is -2.48. The van der Waals surface area contributed by atoms with E-state index in [2.05, 4.69) is 6.92 Å². The van der Waals surface area contributed by atoms with Gasteiger partial charge in [0.2, 0.25) is 0 Å². The molecule has 104 valence electrons. The van der Waals surface area contributed by atoms with E-state index in [9.17, 15) is 9.36 Å². The molecule has 0 radical (unpaired) electrons. The van der Waals surface area contributed by atoms with E-state index in [1.807, 2.05) is 0 Å². The molecule has 0 N–H and O–H groups in total. The molecule has 0 aromatic heterocycles. The highest BCUT2D eigenvalue weighted by molar-refractivity contribution is 7.48. The van der Waals surface area contributed by atoms with Gasteiger partial charge >= 0.3 is 13.8 Å². The van der Waals surface area contributed by atoms with Crippen molar-refractivity contribution >= 4 is 13.8 Å². The second-order valence-corrected chi connectivity index (χ2v) is 6.55. The first-order chi connectivity index (χ1) is 8.58. The Hall–Kier alpha value is -0.420. The Labute approximate surface area is 107 Å². The molecular weight excluding hydrogens is 259 g/mol. The van der Waals surface area contributed by atoms with Gasteiger partial charge in [-0.25, -0.2) is 4.57 Å². The van der Waals surface area contributed by atoms with Crippen LogP contribution in [0.15, 0.2) is 0 Å². The van der Waals surface area contributed by atoms with E-state index in [0.717, 1.165) is 19.3 Å². The van der Waals surface area contributed by atoms with E-state index in [-0.39, 0.29) is 32.4 Å². The van der Waals surface area contributed by atoms with E-state index in [1.54, 1.807) is 0 Å². The summed E-state index contributed by atoms with van der Waals surface area (Å²) in [6, 6.07) is 0. The molecule has 0 amide bonds. The molecule has 6 nitrogen and oxygen atoms in total. The molecule has 3 heterocycles. The third kappa shape index (κ3) is 3.32. The van der Waals surface area contributed by atoms with Gasteiger partial charge in [-0.15, -0.1) is 0 Å². The Morgan fingerprint density at radius 2 is 1.83 bits per heavy atom. The summed E-state index contributed by atoms with van der Waals surface area (Å²) in [6.07, 6.45) is 3.38. The fraction of sp³-hybridized carbons (Fsp3) is 0.909. The third-order valence-electron chi connectivity index (χ3n) is 3.11. The first-order valence-electron chi connectivity index (χ1n) is 6.27. The molecule has 3 saturated heterocycles. The molecule has 3 aliphatic heterocycles. The zero-order valence-electron chi connectivity index (χ0n) is 10.6. The number of esters is 1. The number of fused-ring (bicyclic) bond motifs is 3. The molecule has 0 unspecified atom stereocenters. The average molecular weight is 278 g/mol. The predicted octanol–water partition coefficient (Wildman–Crippen LogP) is 2.28. The van der Waals surface area contributed by atoms with Crippen molar-refractivity contribution in [1.82, 2.24) is 0 Å². The topological polar surface area (TPSA) is 71.1 Å². The molecule has 2 bridgehead atoms. The van der Waals surface area contributed by atoms with Gasteiger partial charge in [0.25, 0.3) is 0 Å². The second-order valence-electron chi connectivity index (χ2n) is 4.89. The van der Waals surface area contributed by atoms with Gasteiger partial charge in [0.05, 0.1) is 25.2 Å². The van der Waals surface area contributed by atoms with Crippen LogP contribution in [0.3, 0.4) is 0 Å². The number of phosphoric ester groups is 1. The molecule has 0 atom stereocenters. The first kappa shape index (κ1) is 14.0. The van der Waals surface area contributed by atoms with Crippen LogP contribution >= 0.6 is 7.82 Å². The summed E-state index contributed by atoms with van der Waals surface area (Å²) < 4.78 is 31.8.